The fourth-order valence-corrected chi connectivity index (χ4v) is 6.66. The molecule has 0 radical (unpaired) electrons. The average molecular weight is 731 g/mol. The highest BCUT2D eigenvalue weighted by atomic mass is 19.4. The standard InChI is InChI=1S/C38H41F3N8O4/c1-42-36(51)28-9-4-5-10-30(28)44-32-21-34(43-22-29(32)38(39,40)41)45-31-12-11-26(20-33(31)53-3)48-16-13-25(14-17-48)47(2)23-24-7-6-8-27(19-24)49-18-15-35(50)46-37(49)52/h4-12,19-22,25H,13-18,23H2,1-3H3,(H,42,51)(H2,43,44,45)(H,46,50,52). The van der Waals surface area contributed by atoms with Gasteiger partial charge in [-0.15, -0.1) is 0 Å². The second-order valence-corrected chi connectivity index (χ2v) is 12.9. The van der Waals surface area contributed by atoms with E-state index in [2.05, 4.69) is 43.1 Å². The van der Waals surface area contributed by atoms with Gasteiger partial charge >= 0.3 is 12.2 Å². The molecule has 4 N–H and O–H groups in total. The molecule has 53 heavy (non-hydrogen) atoms. The summed E-state index contributed by atoms with van der Waals surface area (Å²) in [6.07, 6.45) is -1.83. The molecule has 2 aliphatic heterocycles. The molecular weight excluding hydrogens is 689 g/mol. The van der Waals surface area contributed by atoms with Crippen LogP contribution in [0, 0.1) is 0 Å². The van der Waals surface area contributed by atoms with E-state index in [1.807, 2.05) is 42.5 Å². The second kappa shape index (κ2) is 15.8. The highest BCUT2D eigenvalue weighted by Crippen LogP contribution is 2.39. The number of ether oxygens (including phenoxy) is 1. The number of anilines is 6. The van der Waals surface area contributed by atoms with E-state index < -0.39 is 23.7 Å². The normalized spacial score (nSPS) is 15.3. The Bertz CT molecular complexity index is 1980. The number of methoxy groups -OCH3 is 1. The van der Waals surface area contributed by atoms with E-state index in [9.17, 15) is 27.6 Å². The highest BCUT2D eigenvalue weighted by Gasteiger charge is 2.35. The molecular formula is C38H41F3N8O4. The predicted octanol–water partition coefficient (Wildman–Crippen LogP) is 6.50. The Labute approximate surface area is 305 Å². The van der Waals surface area contributed by atoms with E-state index in [0.29, 0.717) is 30.6 Å². The zero-order chi connectivity index (χ0) is 37.7. The van der Waals surface area contributed by atoms with Gasteiger partial charge in [0.1, 0.15) is 11.6 Å². The first-order valence-corrected chi connectivity index (χ1v) is 17.2. The molecule has 3 aromatic carbocycles. The molecule has 2 saturated heterocycles. The summed E-state index contributed by atoms with van der Waals surface area (Å²) in [6.45, 7) is 2.67. The molecule has 278 valence electrons. The minimum absolute atomic E-state index is 0.146. The number of hydrogen-bond acceptors (Lipinski definition) is 9. The highest BCUT2D eigenvalue weighted by molar-refractivity contribution is 6.05. The minimum atomic E-state index is -4.70. The molecule has 2 fully saturated rings. The van der Waals surface area contributed by atoms with Gasteiger partial charge in [-0.3, -0.25) is 24.7 Å². The van der Waals surface area contributed by atoms with Gasteiger partial charge in [0.2, 0.25) is 5.91 Å². The topological polar surface area (TPSA) is 131 Å². The monoisotopic (exact) mass is 730 g/mol. The number of nitrogens with zero attached hydrogens (tertiary/aromatic N) is 4. The van der Waals surface area contributed by atoms with Crippen LogP contribution < -0.4 is 35.8 Å². The number of nitrogens with one attached hydrogen (secondary N) is 4. The predicted molar refractivity (Wildman–Crippen MR) is 197 cm³/mol. The Morgan fingerprint density at radius 3 is 2.43 bits per heavy atom. The summed E-state index contributed by atoms with van der Waals surface area (Å²) >= 11 is 0. The zero-order valence-electron chi connectivity index (χ0n) is 29.6. The van der Waals surface area contributed by atoms with Crippen LogP contribution in [-0.4, -0.2) is 74.6 Å². The number of para-hydroxylation sites is 1. The van der Waals surface area contributed by atoms with Gasteiger partial charge in [-0.05, 0) is 61.9 Å². The maximum absolute atomic E-state index is 14.0. The number of piperidine rings is 1. The summed E-state index contributed by atoms with van der Waals surface area (Å²) in [5.74, 6) is -0.0635. The number of benzene rings is 3. The molecule has 4 aromatic rings. The van der Waals surface area contributed by atoms with E-state index in [1.54, 1.807) is 17.0 Å². The Hall–Kier alpha value is -5.83. The van der Waals surface area contributed by atoms with Gasteiger partial charge in [0.15, 0.2) is 0 Å². The molecule has 0 spiro atoms. The number of rotatable bonds is 11. The molecule has 0 bridgehead atoms. The summed E-state index contributed by atoms with van der Waals surface area (Å²) in [7, 11) is 5.07. The summed E-state index contributed by atoms with van der Waals surface area (Å²) in [6, 6.07) is 21.0. The van der Waals surface area contributed by atoms with E-state index in [1.165, 1.54) is 32.4 Å². The molecule has 3 heterocycles. The summed E-state index contributed by atoms with van der Waals surface area (Å²) < 4.78 is 47.7. The molecule has 2 aliphatic rings. The number of carbonyl (C=O) groups excluding carboxylic acids is 3. The number of pyridine rings is 1. The van der Waals surface area contributed by atoms with Crippen LogP contribution in [0.4, 0.5) is 52.2 Å². The largest absolute Gasteiger partial charge is 0.494 e. The number of imide groups is 1. The molecule has 1 aromatic heterocycles. The fraction of sp³-hybridized carbons (Fsp3) is 0.316. The van der Waals surface area contributed by atoms with Crippen LogP contribution in [0.1, 0.15) is 40.7 Å². The summed E-state index contributed by atoms with van der Waals surface area (Å²) in [4.78, 5) is 46.5. The first kappa shape index (κ1) is 36.9. The van der Waals surface area contributed by atoms with Crippen LogP contribution in [0.2, 0.25) is 0 Å². The van der Waals surface area contributed by atoms with Crippen molar-refractivity contribution < 1.29 is 32.3 Å². The van der Waals surface area contributed by atoms with Crippen molar-refractivity contribution in [1.82, 2.24) is 20.5 Å². The smallest absolute Gasteiger partial charge is 0.419 e. The Balaban J connectivity index is 1.11. The van der Waals surface area contributed by atoms with Crippen LogP contribution in [0.15, 0.2) is 79.0 Å². The van der Waals surface area contributed by atoms with Crippen molar-refractivity contribution in [3.63, 3.8) is 0 Å². The van der Waals surface area contributed by atoms with Crippen LogP contribution in [0.5, 0.6) is 5.75 Å². The molecule has 0 saturated carbocycles. The van der Waals surface area contributed by atoms with Crippen molar-refractivity contribution in [2.24, 2.45) is 0 Å². The third-order valence-corrected chi connectivity index (χ3v) is 9.49. The molecule has 15 heteroatoms. The van der Waals surface area contributed by atoms with Crippen molar-refractivity contribution >= 4 is 52.1 Å². The lowest BCUT2D eigenvalue weighted by molar-refractivity contribution is -0.137. The van der Waals surface area contributed by atoms with Gasteiger partial charge < -0.3 is 25.6 Å². The van der Waals surface area contributed by atoms with Gasteiger partial charge in [0, 0.05) is 75.4 Å². The SMILES string of the molecule is CNC(=O)c1ccccc1Nc1cc(Nc2ccc(N3CCC(N(C)Cc4cccc(N5CCC(=O)NC5=O)c4)CC3)cc2OC)ncc1C(F)(F)F. The quantitative estimate of drug-likeness (QED) is 0.137. The molecule has 0 unspecified atom stereocenters. The number of aromatic nitrogens is 1. The zero-order valence-corrected chi connectivity index (χ0v) is 29.6. The van der Waals surface area contributed by atoms with E-state index >= 15 is 0 Å². The van der Waals surface area contributed by atoms with Gasteiger partial charge in [-0.1, -0.05) is 24.3 Å². The Kier molecular flexibility index (Phi) is 11.0. The van der Waals surface area contributed by atoms with E-state index in [0.717, 1.165) is 49.1 Å². The first-order chi connectivity index (χ1) is 25.4. The summed E-state index contributed by atoms with van der Waals surface area (Å²) in [5.41, 5.74) is 2.46. The Morgan fingerprint density at radius 2 is 1.72 bits per heavy atom. The van der Waals surface area contributed by atoms with Crippen molar-refractivity contribution in [2.45, 2.75) is 38.0 Å². The number of urea groups is 1. The van der Waals surface area contributed by atoms with Gasteiger partial charge in [0.25, 0.3) is 5.91 Å². The van der Waals surface area contributed by atoms with Crippen LogP contribution in [0.3, 0.4) is 0 Å². The van der Waals surface area contributed by atoms with E-state index in [4.69, 9.17) is 4.74 Å². The minimum Gasteiger partial charge on any atom is -0.494 e. The maximum Gasteiger partial charge on any atom is 0.419 e. The molecule has 4 amide bonds. The van der Waals surface area contributed by atoms with Gasteiger partial charge in [-0.2, -0.15) is 13.2 Å². The summed E-state index contributed by atoms with van der Waals surface area (Å²) in [5, 5.41) is 10.8. The lowest BCUT2D eigenvalue weighted by Gasteiger charge is -2.38. The first-order valence-electron chi connectivity index (χ1n) is 17.2. The van der Waals surface area contributed by atoms with Crippen molar-refractivity contribution in [3.8, 4) is 5.75 Å². The maximum atomic E-state index is 14.0. The average Bonchev–Trinajstić information content (AvgIpc) is 3.14. The molecule has 0 atom stereocenters. The number of hydrogen-bond donors (Lipinski definition) is 4. The third kappa shape index (κ3) is 8.63. The number of carbonyl (C=O) groups is 3. The van der Waals surface area contributed by atoms with Crippen LogP contribution >= 0.6 is 0 Å². The van der Waals surface area contributed by atoms with Gasteiger partial charge in [-0.25, -0.2) is 9.78 Å². The van der Waals surface area contributed by atoms with Crippen molar-refractivity contribution in [3.05, 3.63) is 95.7 Å². The lowest BCUT2D eigenvalue weighted by Crippen LogP contribution is -2.49. The second-order valence-electron chi connectivity index (χ2n) is 12.9. The molecule has 12 nitrogen and oxygen atoms in total. The number of alkyl halides is 3. The van der Waals surface area contributed by atoms with Crippen LogP contribution in [0.25, 0.3) is 0 Å². The lowest BCUT2D eigenvalue weighted by atomic mass is 10.0. The molecule has 6 rings (SSSR count). The molecule has 0 aliphatic carbocycles. The van der Waals surface area contributed by atoms with Crippen LogP contribution in [-0.2, 0) is 17.5 Å². The fourth-order valence-electron chi connectivity index (χ4n) is 6.66. The Morgan fingerprint density at radius 1 is 0.943 bits per heavy atom. The van der Waals surface area contributed by atoms with Crippen molar-refractivity contribution in [2.75, 3.05) is 61.3 Å². The van der Waals surface area contributed by atoms with Gasteiger partial charge in [0.05, 0.1) is 35.3 Å². The third-order valence-electron chi connectivity index (χ3n) is 9.49. The number of halogens is 3. The van der Waals surface area contributed by atoms with Crippen molar-refractivity contribution in [1.29, 1.82) is 0 Å². The van der Waals surface area contributed by atoms with E-state index in [-0.39, 0.29) is 35.1 Å². The number of amides is 4.